The molecule has 0 bridgehead atoms. The normalized spacial score (nSPS) is 12.6. The largest absolute Gasteiger partial charge is 0.454 e. The second-order valence-electron chi connectivity index (χ2n) is 4.97. The van der Waals surface area contributed by atoms with Crippen molar-refractivity contribution in [1.82, 2.24) is 15.0 Å². The third kappa shape index (κ3) is 2.22. The van der Waals surface area contributed by atoms with Crippen LogP contribution in [0.1, 0.15) is 5.69 Å². The van der Waals surface area contributed by atoms with Crippen LogP contribution in [0.2, 0.25) is 0 Å². The Kier molecular flexibility index (Phi) is 3.20. The van der Waals surface area contributed by atoms with Crippen molar-refractivity contribution < 1.29 is 19.0 Å². The minimum Gasteiger partial charge on any atom is -0.454 e. The Balaban J connectivity index is 1.90. The fourth-order valence-electron chi connectivity index (χ4n) is 2.54. The van der Waals surface area contributed by atoms with E-state index in [9.17, 15) is 9.50 Å². The molecule has 0 fully saturated rings. The van der Waals surface area contributed by atoms with Crippen molar-refractivity contribution in [3.8, 4) is 28.4 Å². The molecule has 116 valence electrons. The van der Waals surface area contributed by atoms with Crippen LogP contribution in [0.15, 0.2) is 42.5 Å². The lowest BCUT2D eigenvalue weighted by molar-refractivity contribution is 0.174. The first-order valence-corrected chi connectivity index (χ1v) is 6.98. The Labute approximate surface area is 130 Å². The number of aromatic nitrogens is 3. The summed E-state index contributed by atoms with van der Waals surface area (Å²) in [5.74, 6) is 0.818. The zero-order valence-corrected chi connectivity index (χ0v) is 11.9. The average molecular weight is 313 g/mol. The van der Waals surface area contributed by atoms with Crippen molar-refractivity contribution in [1.29, 1.82) is 0 Å². The molecule has 4 rings (SSSR count). The molecule has 0 spiro atoms. The topological polar surface area (TPSA) is 69.4 Å². The smallest absolute Gasteiger partial charge is 0.231 e. The highest BCUT2D eigenvalue weighted by molar-refractivity contribution is 5.65. The Hall–Kier alpha value is -2.93. The molecule has 0 atom stereocenters. The predicted octanol–water partition coefficient (Wildman–Crippen LogP) is 2.29. The van der Waals surface area contributed by atoms with E-state index >= 15 is 0 Å². The third-order valence-electron chi connectivity index (χ3n) is 3.62. The Morgan fingerprint density at radius 1 is 1.13 bits per heavy atom. The Bertz CT molecular complexity index is 879. The van der Waals surface area contributed by atoms with Crippen molar-refractivity contribution in [2.75, 3.05) is 6.79 Å². The van der Waals surface area contributed by atoms with Crippen LogP contribution >= 0.6 is 0 Å². The van der Waals surface area contributed by atoms with Gasteiger partial charge in [0.15, 0.2) is 11.5 Å². The second-order valence-corrected chi connectivity index (χ2v) is 4.97. The maximum atomic E-state index is 14.2. The van der Waals surface area contributed by atoms with Gasteiger partial charge in [-0.05, 0) is 24.3 Å². The van der Waals surface area contributed by atoms with Crippen LogP contribution in [-0.4, -0.2) is 26.9 Å². The Morgan fingerprint density at radius 3 is 2.78 bits per heavy atom. The number of rotatable bonds is 3. The lowest BCUT2D eigenvalue weighted by Gasteiger charge is -2.09. The molecular formula is C16H12FN3O3. The highest BCUT2D eigenvalue weighted by Crippen LogP contribution is 2.35. The molecule has 1 aliphatic heterocycles. The van der Waals surface area contributed by atoms with Crippen LogP contribution in [0.25, 0.3) is 16.9 Å². The number of hydrogen-bond acceptors (Lipinski definition) is 5. The number of ether oxygens (including phenoxy) is 2. The number of aliphatic hydroxyl groups excluding tert-OH is 1. The maximum absolute atomic E-state index is 14.2. The summed E-state index contributed by atoms with van der Waals surface area (Å²) in [6.45, 7) is -0.174. The first-order chi connectivity index (χ1) is 11.3. The first kappa shape index (κ1) is 13.7. The molecule has 2 heterocycles. The molecule has 0 saturated heterocycles. The van der Waals surface area contributed by atoms with Crippen molar-refractivity contribution in [3.05, 3.63) is 54.0 Å². The molecule has 3 aromatic rings. The minimum absolute atomic E-state index is 0.165. The standard InChI is InChI=1S/C16H12FN3O3/c17-12-4-2-1-3-11(12)16-13(8-21)18-19-20(16)10-5-6-14-15(7-10)23-9-22-14/h1-7,21H,8-9H2. The molecule has 2 aromatic carbocycles. The highest BCUT2D eigenvalue weighted by Gasteiger charge is 2.20. The van der Waals surface area contributed by atoms with Gasteiger partial charge in [-0.2, -0.15) is 0 Å². The zero-order valence-electron chi connectivity index (χ0n) is 11.9. The van der Waals surface area contributed by atoms with Gasteiger partial charge in [0.25, 0.3) is 0 Å². The number of fused-ring (bicyclic) bond motifs is 1. The quantitative estimate of drug-likeness (QED) is 0.803. The average Bonchev–Trinajstić information content (AvgIpc) is 3.20. The molecule has 0 unspecified atom stereocenters. The van der Waals surface area contributed by atoms with Gasteiger partial charge in [0, 0.05) is 11.6 Å². The number of benzene rings is 2. The SMILES string of the molecule is OCc1nnn(-c2ccc3c(c2)OCO3)c1-c1ccccc1F. The van der Waals surface area contributed by atoms with Crippen molar-refractivity contribution in [2.24, 2.45) is 0 Å². The second kappa shape index (κ2) is 5.36. The maximum Gasteiger partial charge on any atom is 0.231 e. The number of aliphatic hydroxyl groups is 1. The molecule has 0 radical (unpaired) electrons. The molecule has 1 aromatic heterocycles. The predicted molar refractivity (Wildman–Crippen MR) is 78.8 cm³/mol. The summed E-state index contributed by atoms with van der Waals surface area (Å²) >= 11 is 0. The van der Waals surface area contributed by atoms with Gasteiger partial charge < -0.3 is 14.6 Å². The van der Waals surface area contributed by atoms with E-state index in [1.807, 2.05) is 0 Å². The van der Waals surface area contributed by atoms with Gasteiger partial charge in [-0.1, -0.05) is 17.3 Å². The van der Waals surface area contributed by atoms with Crippen LogP contribution in [-0.2, 0) is 6.61 Å². The van der Waals surface area contributed by atoms with Crippen molar-refractivity contribution in [3.63, 3.8) is 0 Å². The number of nitrogens with zero attached hydrogens (tertiary/aromatic N) is 3. The van der Waals surface area contributed by atoms with Gasteiger partial charge in [0.2, 0.25) is 6.79 Å². The van der Waals surface area contributed by atoms with Crippen LogP contribution in [0, 0.1) is 5.82 Å². The summed E-state index contributed by atoms with van der Waals surface area (Å²) in [7, 11) is 0. The molecule has 1 N–H and O–H groups in total. The van der Waals surface area contributed by atoms with Crippen LogP contribution in [0.4, 0.5) is 4.39 Å². The summed E-state index contributed by atoms with van der Waals surface area (Å²) in [5.41, 5.74) is 1.66. The third-order valence-corrected chi connectivity index (χ3v) is 3.62. The summed E-state index contributed by atoms with van der Waals surface area (Å²) in [5, 5.41) is 17.5. The first-order valence-electron chi connectivity index (χ1n) is 6.98. The Morgan fingerprint density at radius 2 is 1.96 bits per heavy atom. The summed E-state index contributed by atoms with van der Waals surface area (Å²) in [6.07, 6.45) is 0. The van der Waals surface area contributed by atoms with E-state index in [0.717, 1.165) is 0 Å². The monoisotopic (exact) mass is 313 g/mol. The molecule has 6 nitrogen and oxygen atoms in total. The van der Waals surface area contributed by atoms with E-state index in [2.05, 4.69) is 10.3 Å². The van der Waals surface area contributed by atoms with Gasteiger partial charge in [-0.3, -0.25) is 0 Å². The number of hydrogen-bond donors (Lipinski definition) is 1. The van der Waals surface area contributed by atoms with Crippen LogP contribution in [0.5, 0.6) is 11.5 Å². The molecule has 0 saturated carbocycles. The van der Waals surface area contributed by atoms with Crippen LogP contribution in [0.3, 0.4) is 0 Å². The summed E-state index contributed by atoms with van der Waals surface area (Å²) < 4.78 is 26.3. The minimum atomic E-state index is -0.411. The highest BCUT2D eigenvalue weighted by atomic mass is 19.1. The van der Waals surface area contributed by atoms with Gasteiger partial charge in [-0.15, -0.1) is 5.10 Å². The lowest BCUT2D eigenvalue weighted by Crippen LogP contribution is -2.01. The van der Waals surface area contributed by atoms with Gasteiger partial charge in [-0.25, -0.2) is 9.07 Å². The van der Waals surface area contributed by atoms with E-state index in [4.69, 9.17) is 9.47 Å². The zero-order chi connectivity index (χ0) is 15.8. The molecular weight excluding hydrogens is 301 g/mol. The van der Waals surface area contributed by atoms with Gasteiger partial charge in [0.1, 0.15) is 17.2 Å². The molecule has 0 aliphatic carbocycles. The molecule has 0 amide bonds. The van der Waals surface area contributed by atoms with E-state index in [1.165, 1.54) is 10.7 Å². The molecule has 7 heteroatoms. The van der Waals surface area contributed by atoms with Crippen molar-refractivity contribution in [2.45, 2.75) is 6.61 Å². The molecule has 1 aliphatic rings. The fraction of sp³-hybridized carbons (Fsp3) is 0.125. The number of halogens is 1. The van der Waals surface area contributed by atoms with E-state index in [1.54, 1.807) is 36.4 Å². The van der Waals surface area contributed by atoms with Gasteiger partial charge in [0.05, 0.1) is 12.3 Å². The lowest BCUT2D eigenvalue weighted by atomic mass is 10.1. The van der Waals surface area contributed by atoms with E-state index in [-0.39, 0.29) is 13.4 Å². The van der Waals surface area contributed by atoms with Gasteiger partial charge >= 0.3 is 0 Å². The molecule has 23 heavy (non-hydrogen) atoms. The fourth-order valence-corrected chi connectivity index (χ4v) is 2.54. The van der Waals surface area contributed by atoms with E-state index < -0.39 is 5.82 Å². The van der Waals surface area contributed by atoms with E-state index in [0.29, 0.717) is 34.1 Å². The summed E-state index contributed by atoms with van der Waals surface area (Å²) in [6, 6.07) is 11.6. The van der Waals surface area contributed by atoms with Crippen LogP contribution < -0.4 is 9.47 Å². The van der Waals surface area contributed by atoms with Crippen molar-refractivity contribution >= 4 is 0 Å². The summed E-state index contributed by atoms with van der Waals surface area (Å²) in [4.78, 5) is 0.